The number of hydrogen-bond donors (Lipinski definition) is 1. The number of phosphoric acid groups is 1. The molecule has 0 radical (unpaired) electrons. The number of nitrogens with zero attached hydrogens (tertiary/aromatic N) is 1. The second kappa shape index (κ2) is 55.7. The highest BCUT2D eigenvalue weighted by Crippen LogP contribution is 2.43. The van der Waals surface area contributed by atoms with Crippen molar-refractivity contribution in [3.05, 3.63) is 48.6 Å². The van der Waals surface area contributed by atoms with Crippen LogP contribution in [0.2, 0.25) is 0 Å². The van der Waals surface area contributed by atoms with Gasteiger partial charge in [-0.25, -0.2) is 4.57 Å². The largest absolute Gasteiger partial charge is 0.472 e. The summed E-state index contributed by atoms with van der Waals surface area (Å²) in [6.07, 6.45) is 71.9. The number of carbonyl (C=O) groups is 1. The second-order valence-electron chi connectivity index (χ2n) is 22.1. The monoisotopic (exact) mass is 1030 g/mol. The molecule has 72 heavy (non-hydrogen) atoms. The van der Waals surface area contributed by atoms with Crippen LogP contribution < -0.4 is 0 Å². The van der Waals surface area contributed by atoms with Gasteiger partial charge in [0, 0.05) is 13.0 Å². The van der Waals surface area contributed by atoms with E-state index >= 15 is 0 Å². The van der Waals surface area contributed by atoms with Gasteiger partial charge in [0.15, 0.2) is 0 Å². The van der Waals surface area contributed by atoms with Gasteiger partial charge in [-0.15, -0.1) is 0 Å². The fourth-order valence-corrected chi connectivity index (χ4v) is 9.70. The molecule has 0 aliphatic carbocycles. The van der Waals surface area contributed by atoms with Gasteiger partial charge in [0.1, 0.15) is 19.3 Å². The molecule has 0 saturated carbocycles. The van der Waals surface area contributed by atoms with Crippen LogP contribution >= 0.6 is 7.82 Å². The van der Waals surface area contributed by atoms with E-state index in [0.29, 0.717) is 24.1 Å². The van der Waals surface area contributed by atoms with Crippen molar-refractivity contribution < 1.29 is 37.3 Å². The molecule has 424 valence electrons. The number of ether oxygens (including phenoxy) is 2. The van der Waals surface area contributed by atoms with Gasteiger partial charge >= 0.3 is 13.8 Å². The fraction of sp³-hybridized carbons (Fsp3) is 0.857. The van der Waals surface area contributed by atoms with Gasteiger partial charge in [0.25, 0.3) is 0 Å². The highest BCUT2D eigenvalue weighted by molar-refractivity contribution is 7.47. The van der Waals surface area contributed by atoms with E-state index in [9.17, 15) is 14.3 Å². The number of unbranched alkanes of at least 4 members (excludes halogenated alkanes) is 36. The van der Waals surface area contributed by atoms with Crippen molar-refractivity contribution in [1.29, 1.82) is 0 Å². The molecule has 0 fully saturated rings. The first-order chi connectivity index (χ1) is 35.1. The summed E-state index contributed by atoms with van der Waals surface area (Å²) in [7, 11) is 1.68. The summed E-state index contributed by atoms with van der Waals surface area (Å²) in [5.74, 6) is -0.307. The van der Waals surface area contributed by atoms with E-state index in [-0.39, 0.29) is 25.8 Å². The normalized spacial score (nSPS) is 13.7. The van der Waals surface area contributed by atoms with Crippen molar-refractivity contribution >= 4 is 13.8 Å². The van der Waals surface area contributed by atoms with Crippen molar-refractivity contribution in [2.24, 2.45) is 0 Å². The van der Waals surface area contributed by atoms with E-state index in [1.807, 2.05) is 21.1 Å². The Labute approximate surface area is 448 Å². The Bertz CT molecular complexity index is 1290. The average Bonchev–Trinajstić information content (AvgIpc) is 3.34. The molecule has 0 heterocycles. The SMILES string of the molecule is CC/C=C\C/C=C\C/C=C\C/C=C\CCCCCCCCCCCCCCCOCC(COP(=O)(O)OCC[N+](C)(C)C)OC(=O)CCCCCCCCCCCCCCCCCCCCCCCCCC. The summed E-state index contributed by atoms with van der Waals surface area (Å²) in [6, 6.07) is 0. The second-order valence-corrected chi connectivity index (χ2v) is 23.5. The van der Waals surface area contributed by atoms with Crippen molar-refractivity contribution in [3.63, 3.8) is 0 Å². The minimum absolute atomic E-state index is 0.0897. The predicted octanol–water partition coefficient (Wildman–Crippen LogP) is 19.8. The van der Waals surface area contributed by atoms with Crippen LogP contribution in [0.1, 0.15) is 290 Å². The number of hydrogen-bond acceptors (Lipinski definition) is 6. The van der Waals surface area contributed by atoms with E-state index in [0.717, 1.165) is 57.8 Å². The minimum Gasteiger partial charge on any atom is -0.457 e. The van der Waals surface area contributed by atoms with E-state index in [4.69, 9.17) is 18.5 Å². The molecule has 2 unspecified atom stereocenters. The number of allylic oxidation sites excluding steroid dienone is 8. The third-order valence-corrected chi connectivity index (χ3v) is 14.6. The highest BCUT2D eigenvalue weighted by Gasteiger charge is 2.26. The Hall–Kier alpha value is -1.54. The van der Waals surface area contributed by atoms with Gasteiger partial charge < -0.3 is 18.9 Å². The molecule has 1 N–H and O–H groups in total. The van der Waals surface area contributed by atoms with Crippen LogP contribution in [-0.4, -0.2) is 75.6 Å². The Morgan fingerprint density at radius 1 is 0.444 bits per heavy atom. The summed E-state index contributed by atoms with van der Waals surface area (Å²) in [5.41, 5.74) is 0. The maximum atomic E-state index is 12.8. The lowest BCUT2D eigenvalue weighted by Crippen LogP contribution is -2.37. The molecule has 0 bridgehead atoms. The predicted molar refractivity (Wildman–Crippen MR) is 312 cm³/mol. The number of likely N-dealkylation sites (N-methyl/N-ethyl adjacent to an activating group) is 1. The Morgan fingerprint density at radius 3 is 1.21 bits per heavy atom. The summed E-state index contributed by atoms with van der Waals surface area (Å²) >= 11 is 0. The van der Waals surface area contributed by atoms with E-state index in [1.54, 1.807) is 0 Å². The molecule has 0 rings (SSSR count). The number of carbonyl (C=O) groups excluding carboxylic acids is 1. The van der Waals surface area contributed by atoms with Crippen molar-refractivity contribution in [2.75, 3.05) is 54.1 Å². The molecule has 0 saturated heterocycles. The maximum absolute atomic E-state index is 12.8. The summed E-state index contributed by atoms with van der Waals surface area (Å²) in [5, 5.41) is 0. The topological polar surface area (TPSA) is 91.3 Å². The molecule has 2 atom stereocenters. The molecular formula is C63H121NO7P+. The standard InChI is InChI=1S/C63H120NO7P/c1-6-8-10-12-14-16-18-20-22-24-26-28-30-32-33-35-37-39-41-43-45-47-49-51-53-55-58-68-60-62(61-70-72(66,67)69-59-57-64(3,4)5)71-63(65)56-54-52-50-48-46-44-42-40-38-36-34-31-29-27-25-23-21-19-17-15-13-11-9-7-2/h8,10,14,16,20,22,26,28,62H,6-7,9,11-13,15,17-19,21,23-25,27,29-61H2,1-5H3/p+1/b10-8-,16-14-,22-20-,28-26-. The van der Waals surface area contributed by atoms with Crippen LogP contribution in [0, 0.1) is 0 Å². The zero-order valence-corrected chi connectivity index (χ0v) is 49.3. The molecule has 9 heteroatoms. The zero-order chi connectivity index (χ0) is 52.6. The average molecular weight is 1040 g/mol. The van der Waals surface area contributed by atoms with Crippen molar-refractivity contribution in [1.82, 2.24) is 0 Å². The quantitative estimate of drug-likeness (QED) is 0.0213. The van der Waals surface area contributed by atoms with Crippen LogP contribution in [0.5, 0.6) is 0 Å². The van der Waals surface area contributed by atoms with Gasteiger partial charge in [-0.05, 0) is 51.4 Å². The first kappa shape index (κ1) is 70.5. The summed E-state index contributed by atoms with van der Waals surface area (Å²) < 4.78 is 35.3. The van der Waals surface area contributed by atoms with Crippen LogP contribution in [-0.2, 0) is 27.9 Å². The Kier molecular flexibility index (Phi) is 54.5. The third-order valence-electron chi connectivity index (χ3n) is 13.7. The van der Waals surface area contributed by atoms with Gasteiger partial charge in [-0.3, -0.25) is 13.8 Å². The molecule has 0 aliphatic rings. The van der Waals surface area contributed by atoms with E-state index in [2.05, 4.69) is 62.5 Å². The number of quaternary nitrogens is 1. The fourth-order valence-electron chi connectivity index (χ4n) is 8.96. The van der Waals surface area contributed by atoms with Crippen molar-refractivity contribution in [3.8, 4) is 0 Å². The lowest BCUT2D eigenvalue weighted by atomic mass is 10.0. The van der Waals surface area contributed by atoms with Crippen LogP contribution in [0.25, 0.3) is 0 Å². The maximum Gasteiger partial charge on any atom is 0.472 e. The molecule has 0 aliphatic heterocycles. The number of esters is 1. The minimum atomic E-state index is -4.29. The van der Waals surface area contributed by atoms with E-state index < -0.39 is 13.9 Å². The van der Waals surface area contributed by atoms with Crippen LogP contribution in [0.3, 0.4) is 0 Å². The molecule has 0 aromatic rings. The Morgan fingerprint density at radius 2 is 0.806 bits per heavy atom. The molecular weight excluding hydrogens is 914 g/mol. The van der Waals surface area contributed by atoms with Crippen molar-refractivity contribution in [2.45, 2.75) is 296 Å². The lowest BCUT2D eigenvalue weighted by Gasteiger charge is -2.24. The molecule has 0 amide bonds. The van der Waals surface area contributed by atoms with Gasteiger partial charge in [0.05, 0.1) is 34.4 Å². The molecule has 0 aromatic heterocycles. The van der Waals surface area contributed by atoms with Gasteiger partial charge in [-0.2, -0.15) is 0 Å². The summed E-state index contributed by atoms with van der Waals surface area (Å²) in [6.45, 7) is 5.57. The van der Waals surface area contributed by atoms with Crippen LogP contribution in [0.15, 0.2) is 48.6 Å². The first-order valence-corrected chi connectivity index (χ1v) is 32.4. The van der Waals surface area contributed by atoms with E-state index in [1.165, 1.54) is 212 Å². The number of rotatable bonds is 58. The molecule has 0 aromatic carbocycles. The molecule has 0 spiro atoms. The van der Waals surface area contributed by atoms with Crippen LogP contribution in [0.4, 0.5) is 0 Å². The smallest absolute Gasteiger partial charge is 0.457 e. The number of phosphoric ester groups is 1. The third kappa shape index (κ3) is 59.3. The van der Waals surface area contributed by atoms with Gasteiger partial charge in [-0.1, -0.05) is 281 Å². The zero-order valence-electron chi connectivity index (χ0n) is 48.4. The first-order valence-electron chi connectivity index (χ1n) is 30.9. The molecule has 8 nitrogen and oxygen atoms in total. The van der Waals surface area contributed by atoms with Gasteiger partial charge in [0.2, 0.25) is 0 Å². The Balaban J connectivity index is 4.00. The summed E-state index contributed by atoms with van der Waals surface area (Å²) in [4.78, 5) is 23.1. The highest BCUT2D eigenvalue weighted by atomic mass is 31.2. The lowest BCUT2D eigenvalue weighted by molar-refractivity contribution is -0.870.